The molecule has 0 radical (unpaired) electrons. The van der Waals surface area contributed by atoms with Crippen molar-refractivity contribution >= 4 is 38.9 Å². The molecule has 0 saturated carbocycles. The third-order valence-corrected chi connectivity index (χ3v) is 3.94. The van der Waals surface area contributed by atoms with Gasteiger partial charge in [-0.25, -0.2) is 8.78 Å². The summed E-state index contributed by atoms with van der Waals surface area (Å²) >= 11 is 10.5. The third kappa shape index (κ3) is 4.76. The fourth-order valence-corrected chi connectivity index (χ4v) is 2.95. The summed E-state index contributed by atoms with van der Waals surface area (Å²) in [6.07, 6.45) is -2.31. The molecule has 0 aliphatic heterocycles. The number of hydrogen-bond acceptors (Lipinski definition) is 2. The minimum absolute atomic E-state index is 0.225. The molecule has 0 N–H and O–H groups in total. The lowest BCUT2D eigenvalue weighted by Crippen LogP contribution is -2.30. The van der Waals surface area contributed by atoms with Crippen molar-refractivity contribution < 1.29 is 8.78 Å². The summed E-state index contributed by atoms with van der Waals surface area (Å²) in [6, 6.07) is 1.92. The Morgan fingerprint density at radius 1 is 1.53 bits per heavy atom. The van der Waals surface area contributed by atoms with E-state index in [2.05, 4.69) is 15.9 Å². The molecule has 1 aromatic rings. The van der Waals surface area contributed by atoms with E-state index >= 15 is 0 Å². The topological polar surface area (TPSA) is 3.24 Å². The van der Waals surface area contributed by atoms with Gasteiger partial charge in [0.15, 0.2) is 0 Å². The molecule has 1 heterocycles. The van der Waals surface area contributed by atoms with Crippen LogP contribution in [0.2, 0.25) is 0 Å². The summed E-state index contributed by atoms with van der Waals surface area (Å²) in [7, 11) is 0. The summed E-state index contributed by atoms with van der Waals surface area (Å²) in [4.78, 5) is 2.72. The van der Waals surface area contributed by atoms with E-state index in [1.807, 2.05) is 11.4 Å². The van der Waals surface area contributed by atoms with Crippen LogP contribution in [0.5, 0.6) is 0 Å². The van der Waals surface area contributed by atoms with Crippen molar-refractivity contribution in [3.8, 4) is 0 Å². The molecule has 15 heavy (non-hydrogen) atoms. The Hall–Kier alpha value is 0.290. The Kier molecular flexibility index (Phi) is 6.04. The Morgan fingerprint density at radius 3 is 2.73 bits per heavy atom. The monoisotopic (exact) mass is 317 g/mol. The van der Waals surface area contributed by atoms with Crippen LogP contribution in [0.25, 0.3) is 0 Å². The van der Waals surface area contributed by atoms with Gasteiger partial charge in [-0.1, -0.05) is 0 Å². The summed E-state index contributed by atoms with van der Waals surface area (Å²) in [5.74, 6) is 0.371. The Bertz CT molecular complexity index is 295. The lowest BCUT2D eigenvalue weighted by molar-refractivity contribution is 0.0882. The minimum Gasteiger partial charge on any atom is -0.291 e. The first kappa shape index (κ1) is 13.4. The molecule has 0 aromatic carbocycles. The predicted octanol–water partition coefficient (Wildman–Crippen LogP) is 3.82. The van der Waals surface area contributed by atoms with Crippen molar-refractivity contribution in [1.29, 1.82) is 0 Å². The van der Waals surface area contributed by atoms with Crippen molar-refractivity contribution in [3.63, 3.8) is 0 Å². The van der Waals surface area contributed by atoms with E-state index in [0.717, 1.165) is 9.35 Å². The smallest absolute Gasteiger partial charge is 0.251 e. The molecule has 0 amide bonds. The largest absolute Gasteiger partial charge is 0.291 e. The van der Waals surface area contributed by atoms with Gasteiger partial charge in [-0.05, 0) is 27.4 Å². The average molecular weight is 319 g/mol. The Morgan fingerprint density at radius 2 is 2.27 bits per heavy atom. The number of rotatable bonds is 6. The molecule has 1 nitrogen and oxygen atoms in total. The molecule has 1 rings (SSSR count). The van der Waals surface area contributed by atoms with Gasteiger partial charge < -0.3 is 0 Å². The average Bonchev–Trinajstić information content (AvgIpc) is 2.51. The van der Waals surface area contributed by atoms with Gasteiger partial charge in [-0.2, -0.15) is 0 Å². The van der Waals surface area contributed by atoms with Gasteiger partial charge in [0.2, 0.25) is 0 Å². The third-order valence-electron chi connectivity index (χ3n) is 1.86. The van der Waals surface area contributed by atoms with Crippen molar-refractivity contribution in [2.75, 3.05) is 19.0 Å². The molecule has 0 aliphatic carbocycles. The second-order valence-corrected chi connectivity index (χ2v) is 5.24. The quantitative estimate of drug-likeness (QED) is 0.721. The maximum absolute atomic E-state index is 12.2. The summed E-state index contributed by atoms with van der Waals surface area (Å²) in [6.45, 7) is 0.780. The number of thiophene rings is 1. The molecule has 0 unspecified atom stereocenters. The van der Waals surface area contributed by atoms with Crippen LogP contribution in [0.4, 0.5) is 8.78 Å². The maximum atomic E-state index is 12.2. The van der Waals surface area contributed by atoms with Crippen molar-refractivity contribution in [3.05, 3.63) is 20.8 Å². The van der Waals surface area contributed by atoms with Gasteiger partial charge >= 0.3 is 0 Å². The highest BCUT2D eigenvalue weighted by Gasteiger charge is 2.13. The molecule has 1 aromatic heterocycles. The molecule has 86 valence electrons. The molecule has 0 spiro atoms. The molecule has 0 bridgehead atoms. The maximum Gasteiger partial charge on any atom is 0.251 e. The van der Waals surface area contributed by atoms with Crippen LogP contribution in [0.15, 0.2) is 15.9 Å². The van der Waals surface area contributed by atoms with E-state index in [9.17, 15) is 8.78 Å². The van der Waals surface area contributed by atoms with Gasteiger partial charge in [0.05, 0.1) is 6.54 Å². The molecule has 0 atom stereocenters. The lowest BCUT2D eigenvalue weighted by Gasteiger charge is -2.19. The Labute approximate surface area is 105 Å². The lowest BCUT2D eigenvalue weighted by atomic mass is 10.4. The van der Waals surface area contributed by atoms with Gasteiger partial charge in [0.25, 0.3) is 6.43 Å². The van der Waals surface area contributed by atoms with Crippen LogP contribution >= 0.6 is 38.9 Å². The van der Waals surface area contributed by atoms with Crippen LogP contribution in [0, 0.1) is 0 Å². The standard InChI is InChI=1S/C9H11BrClF2NS/c10-7-1-4-15-8(7)5-14(3-2-11)6-9(12)13/h1,4,9H,2-3,5-6H2. The summed E-state index contributed by atoms with van der Waals surface area (Å²) < 4.78 is 25.5. The van der Waals surface area contributed by atoms with E-state index in [1.165, 1.54) is 0 Å². The van der Waals surface area contributed by atoms with Crippen molar-refractivity contribution in [1.82, 2.24) is 4.90 Å². The van der Waals surface area contributed by atoms with Crippen LogP contribution < -0.4 is 0 Å². The zero-order chi connectivity index (χ0) is 11.3. The first-order chi connectivity index (χ1) is 7.13. The molecule has 6 heteroatoms. The zero-order valence-electron chi connectivity index (χ0n) is 7.93. The normalized spacial score (nSPS) is 11.6. The van der Waals surface area contributed by atoms with E-state index in [4.69, 9.17) is 11.6 Å². The van der Waals surface area contributed by atoms with Gasteiger partial charge in [0.1, 0.15) is 0 Å². The van der Waals surface area contributed by atoms with Crippen LogP contribution in [0.1, 0.15) is 4.88 Å². The molecule has 0 fully saturated rings. The number of halogens is 4. The minimum atomic E-state index is -2.31. The SMILES string of the molecule is FC(F)CN(CCCl)Cc1sccc1Br. The molecule has 0 aliphatic rings. The van der Waals surface area contributed by atoms with Gasteiger partial charge in [-0.15, -0.1) is 22.9 Å². The summed E-state index contributed by atoms with van der Waals surface area (Å²) in [5, 5.41) is 1.93. The summed E-state index contributed by atoms with van der Waals surface area (Å²) in [5.41, 5.74) is 0. The number of alkyl halides is 3. The highest BCUT2D eigenvalue weighted by molar-refractivity contribution is 9.10. The highest BCUT2D eigenvalue weighted by atomic mass is 79.9. The van der Waals surface area contributed by atoms with Crippen LogP contribution in [-0.4, -0.2) is 30.3 Å². The van der Waals surface area contributed by atoms with E-state index < -0.39 is 6.43 Å². The molecular formula is C9H11BrClF2NS. The second kappa shape index (κ2) is 6.78. The first-order valence-corrected chi connectivity index (χ1v) is 6.62. The predicted molar refractivity (Wildman–Crippen MR) is 64.0 cm³/mol. The van der Waals surface area contributed by atoms with E-state index in [0.29, 0.717) is 19.0 Å². The zero-order valence-corrected chi connectivity index (χ0v) is 11.1. The van der Waals surface area contributed by atoms with E-state index in [1.54, 1.807) is 16.2 Å². The van der Waals surface area contributed by atoms with E-state index in [-0.39, 0.29) is 6.54 Å². The van der Waals surface area contributed by atoms with Crippen molar-refractivity contribution in [2.45, 2.75) is 13.0 Å². The van der Waals surface area contributed by atoms with Crippen molar-refractivity contribution in [2.24, 2.45) is 0 Å². The highest BCUT2D eigenvalue weighted by Crippen LogP contribution is 2.24. The fourth-order valence-electron chi connectivity index (χ4n) is 1.19. The number of nitrogens with zero attached hydrogens (tertiary/aromatic N) is 1. The molecular weight excluding hydrogens is 308 g/mol. The van der Waals surface area contributed by atoms with Gasteiger partial charge in [-0.3, -0.25) is 4.90 Å². The molecule has 0 saturated heterocycles. The number of hydrogen-bond donors (Lipinski definition) is 0. The van der Waals surface area contributed by atoms with Crippen LogP contribution in [0.3, 0.4) is 0 Å². The Balaban J connectivity index is 2.54. The van der Waals surface area contributed by atoms with Crippen LogP contribution in [-0.2, 0) is 6.54 Å². The fraction of sp³-hybridized carbons (Fsp3) is 0.556. The first-order valence-electron chi connectivity index (χ1n) is 4.41. The second-order valence-electron chi connectivity index (χ2n) is 3.01. The van der Waals surface area contributed by atoms with Gasteiger partial charge in [0, 0.05) is 28.3 Å².